The number of nitrogens with two attached hydrogens (primary N) is 1. The van der Waals surface area contributed by atoms with E-state index in [2.05, 4.69) is 6.92 Å². The zero-order chi connectivity index (χ0) is 12.3. The van der Waals surface area contributed by atoms with Gasteiger partial charge in [-0.3, -0.25) is 4.79 Å². The van der Waals surface area contributed by atoms with Crippen molar-refractivity contribution in [1.82, 2.24) is 4.90 Å². The number of nitrogens with zero attached hydrogens (tertiary/aromatic N) is 1. The molecular formula is C13H24N2O2. The number of unbranched alkanes of at least 4 members (excludes halogenated alkanes) is 1. The van der Waals surface area contributed by atoms with Crippen LogP contribution < -0.4 is 5.73 Å². The van der Waals surface area contributed by atoms with E-state index < -0.39 is 0 Å². The van der Waals surface area contributed by atoms with Crippen LogP contribution in [0.2, 0.25) is 0 Å². The molecule has 1 aliphatic heterocycles. The number of rotatable bonds is 4. The van der Waals surface area contributed by atoms with Gasteiger partial charge in [0.25, 0.3) is 0 Å². The Hall–Kier alpha value is -0.610. The maximum atomic E-state index is 12.3. The van der Waals surface area contributed by atoms with E-state index in [1.165, 1.54) is 6.42 Å². The highest BCUT2D eigenvalue weighted by Gasteiger charge is 2.39. The van der Waals surface area contributed by atoms with Gasteiger partial charge in [0, 0.05) is 6.54 Å². The highest BCUT2D eigenvalue weighted by molar-refractivity contribution is 5.82. The average Bonchev–Trinajstić information content (AvgIpc) is 2.82. The van der Waals surface area contributed by atoms with Crippen LogP contribution in [-0.2, 0) is 9.53 Å². The lowest BCUT2D eigenvalue weighted by atomic mass is 10.1. The Kier molecular flexibility index (Phi) is 4.40. The standard InChI is InChI=1S/C13H24N2O2/c1-2-3-5-10(14)13(16)15-8-9-17-12-7-4-6-11(12)15/h10-12H,2-9,14H2,1H3/t10-,11?,12?/m0/s1. The van der Waals surface area contributed by atoms with E-state index in [4.69, 9.17) is 10.5 Å². The van der Waals surface area contributed by atoms with Gasteiger partial charge in [0.15, 0.2) is 0 Å². The number of amides is 1. The van der Waals surface area contributed by atoms with Crippen molar-refractivity contribution in [2.24, 2.45) is 5.73 Å². The van der Waals surface area contributed by atoms with E-state index in [0.29, 0.717) is 12.6 Å². The Morgan fingerprint density at radius 1 is 1.53 bits per heavy atom. The van der Waals surface area contributed by atoms with Crippen LogP contribution in [0.5, 0.6) is 0 Å². The molecular weight excluding hydrogens is 216 g/mol. The topological polar surface area (TPSA) is 55.6 Å². The first-order valence-corrected chi connectivity index (χ1v) is 6.91. The molecule has 98 valence electrons. The van der Waals surface area contributed by atoms with Crippen molar-refractivity contribution in [2.45, 2.75) is 63.6 Å². The van der Waals surface area contributed by atoms with Gasteiger partial charge in [-0.05, 0) is 25.7 Å². The number of fused-ring (bicyclic) bond motifs is 1. The molecule has 2 rings (SSSR count). The zero-order valence-corrected chi connectivity index (χ0v) is 10.7. The Bertz CT molecular complexity index is 270. The summed E-state index contributed by atoms with van der Waals surface area (Å²) in [4.78, 5) is 14.3. The molecule has 1 saturated carbocycles. The van der Waals surface area contributed by atoms with Crippen molar-refractivity contribution in [1.29, 1.82) is 0 Å². The van der Waals surface area contributed by atoms with Crippen molar-refractivity contribution in [2.75, 3.05) is 13.2 Å². The summed E-state index contributed by atoms with van der Waals surface area (Å²) in [6.45, 7) is 3.52. The number of ether oxygens (including phenoxy) is 1. The van der Waals surface area contributed by atoms with Gasteiger partial charge in [-0.15, -0.1) is 0 Å². The van der Waals surface area contributed by atoms with E-state index in [1.54, 1.807) is 0 Å². The predicted molar refractivity (Wildman–Crippen MR) is 66.6 cm³/mol. The molecule has 1 aliphatic carbocycles. The molecule has 0 radical (unpaired) electrons. The smallest absolute Gasteiger partial charge is 0.239 e. The van der Waals surface area contributed by atoms with Crippen LogP contribution in [0.15, 0.2) is 0 Å². The Balaban J connectivity index is 1.93. The molecule has 1 saturated heterocycles. The fraction of sp³-hybridized carbons (Fsp3) is 0.923. The average molecular weight is 240 g/mol. The fourth-order valence-corrected chi connectivity index (χ4v) is 2.96. The first-order valence-electron chi connectivity index (χ1n) is 6.91. The minimum absolute atomic E-state index is 0.138. The van der Waals surface area contributed by atoms with Gasteiger partial charge in [0.1, 0.15) is 0 Å². The molecule has 0 aromatic rings. The summed E-state index contributed by atoms with van der Waals surface area (Å²) in [6, 6.07) is -0.0155. The van der Waals surface area contributed by atoms with E-state index in [0.717, 1.165) is 38.6 Å². The molecule has 2 unspecified atom stereocenters. The zero-order valence-electron chi connectivity index (χ0n) is 10.7. The summed E-state index contributed by atoms with van der Waals surface area (Å²) in [6.07, 6.45) is 6.55. The van der Waals surface area contributed by atoms with E-state index in [-0.39, 0.29) is 18.1 Å². The van der Waals surface area contributed by atoms with Crippen LogP contribution >= 0.6 is 0 Å². The molecule has 0 aromatic carbocycles. The highest BCUT2D eigenvalue weighted by atomic mass is 16.5. The Morgan fingerprint density at radius 3 is 3.12 bits per heavy atom. The molecule has 1 heterocycles. The van der Waals surface area contributed by atoms with Crippen LogP contribution in [-0.4, -0.2) is 42.1 Å². The first kappa shape index (κ1) is 12.8. The Morgan fingerprint density at radius 2 is 2.35 bits per heavy atom. The van der Waals surface area contributed by atoms with Gasteiger partial charge in [0.05, 0.1) is 24.8 Å². The summed E-state index contributed by atoms with van der Waals surface area (Å²) in [5, 5.41) is 0. The maximum Gasteiger partial charge on any atom is 0.239 e. The Labute approximate surface area is 103 Å². The summed E-state index contributed by atoms with van der Waals surface area (Å²) in [5.41, 5.74) is 5.98. The summed E-state index contributed by atoms with van der Waals surface area (Å²) in [5.74, 6) is 0.138. The second-order valence-corrected chi connectivity index (χ2v) is 5.19. The monoisotopic (exact) mass is 240 g/mol. The third-order valence-electron chi connectivity index (χ3n) is 3.95. The molecule has 0 bridgehead atoms. The largest absolute Gasteiger partial charge is 0.374 e. The minimum atomic E-state index is -0.311. The van der Waals surface area contributed by atoms with Gasteiger partial charge >= 0.3 is 0 Å². The molecule has 0 spiro atoms. The predicted octanol–water partition coefficient (Wildman–Crippen LogP) is 1.28. The highest BCUT2D eigenvalue weighted by Crippen LogP contribution is 2.30. The third kappa shape index (κ3) is 2.80. The quantitative estimate of drug-likeness (QED) is 0.805. The molecule has 17 heavy (non-hydrogen) atoms. The lowest BCUT2D eigenvalue weighted by Crippen LogP contribution is -2.55. The molecule has 4 heteroatoms. The van der Waals surface area contributed by atoms with Crippen LogP contribution in [0.3, 0.4) is 0 Å². The molecule has 2 fully saturated rings. The lowest BCUT2D eigenvalue weighted by molar-refractivity contribution is -0.145. The lowest BCUT2D eigenvalue weighted by Gasteiger charge is -2.39. The van der Waals surface area contributed by atoms with Crippen LogP contribution in [0.4, 0.5) is 0 Å². The van der Waals surface area contributed by atoms with Gasteiger partial charge in [-0.25, -0.2) is 0 Å². The normalized spacial score (nSPS) is 30.1. The number of hydrogen-bond acceptors (Lipinski definition) is 3. The van der Waals surface area contributed by atoms with Gasteiger partial charge in [0.2, 0.25) is 5.91 Å². The van der Waals surface area contributed by atoms with Crippen molar-refractivity contribution in [3.63, 3.8) is 0 Å². The van der Waals surface area contributed by atoms with Crippen LogP contribution in [0.25, 0.3) is 0 Å². The number of carbonyl (C=O) groups is 1. The number of morpholine rings is 1. The molecule has 3 atom stereocenters. The van der Waals surface area contributed by atoms with E-state index >= 15 is 0 Å². The molecule has 4 nitrogen and oxygen atoms in total. The number of carbonyl (C=O) groups excluding carboxylic acids is 1. The van der Waals surface area contributed by atoms with E-state index in [9.17, 15) is 4.79 Å². The van der Waals surface area contributed by atoms with Gasteiger partial charge in [-0.2, -0.15) is 0 Å². The maximum absolute atomic E-state index is 12.3. The SMILES string of the molecule is CCCC[C@H](N)C(=O)N1CCOC2CCCC21. The van der Waals surface area contributed by atoms with Crippen molar-refractivity contribution >= 4 is 5.91 Å². The molecule has 2 N–H and O–H groups in total. The van der Waals surface area contributed by atoms with Gasteiger partial charge < -0.3 is 15.4 Å². The summed E-state index contributed by atoms with van der Waals surface area (Å²) < 4.78 is 5.71. The minimum Gasteiger partial charge on any atom is -0.374 e. The second-order valence-electron chi connectivity index (χ2n) is 5.19. The van der Waals surface area contributed by atoms with Crippen molar-refractivity contribution < 1.29 is 9.53 Å². The van der Waals surface area contributed by atoms with Crippen molar-refractivity contribution in [3.05, 3.63) is 0 Å². The van der Waals surface area contributed by atoms with Gasteiger partial charge in [-0.1, -0.05) is 19.8 Å². The first-order chi connectivity index (χ1) is 8.24. The van der Waals surface area contributed by atoms with Crippen LogP contribution in [0.1, 0.15) is 45.4 Å². The molecule has 1 amide bonds. The van der Waals surface area contributed by atoms with Crippen molar-refractivity contribution in [3.8, 4) is 0 Å². The summed E-state index contributed by atoms with van der Waals surface area (Å²) in [7, 11) is 0. The fourth-order valence-electron chi connectivity index (χ4n) is 2.96. The molecule has 2 aliphatic rings. The number of hydrogen-bond donors (Lipinski definition) is 1. The second kappa shape index (κ2) is 5.83. The molecule has 0 aromatic heterocycles. The van der Waals surface area contributed by atoms with Crippen LogP contribution in [0, 0.1) is 0 Å². The third-order valence-corrected chi connectivity index (χ3v) is 3.95. The summed E-state index contributed by atoms with van der Waals surface area (Å²) >= 11 is 0. The van der Waals surface area contributed by atoms with E-state index in [1.807, 2.05) is 4.90 Å².